The van der Waals surface area contributed by atoms with Gasteiger partial charge in [-0.3, -0.25) is 10.1 Å². The summed E-state index contributed by atoms with van der Waals surface area (Å²) >= 11 is 0. The molecule has 0 amide bonds. The third kappa shape index (κ3) is 1.57. The van der Waals surface area contributed by atoms with Crippen molar-refractivity contribution in [3.05, 3.63) is 22.0 Å². The Kier molecular flexibility index (Phi) is 2.58. The maximum atomic E-state index is 11.6. The van der Waals surface area contributed by atoms with E-state index in [2.05, 4.69) is 5.10 Å². The molecule has 2 heterocycles. The van der Waals surface area contributed by atoms with Crippen molar-refractivity contribution >= 4 is 11.7 Å². The summed E-state index contributed by atoms with van der Waals surface area (Å²) in [6.07, 6.45) is 1.40. The highest BCUT2D eigenvalue weighted by Gasteiger charge is 2.47. The molecule has 1 aliphatic rings. The lowest BCUT2D eigenvalue weighted by molar-refractivity contribution is -0.385. The fourth-order valence-electron chi connectivity index (χ4n) is 1.82. The topological polar surface area (TPSA) is 107 Å². The van der Waals surface area contributed by atoms with Gasteiger partial charge in [0.15, 0.2) is 5.54 Å². The zero-order valence-corrected chi connectivity index (χ0v) is 9.12. The summed E-state index contributed by atoms with van der Waals surface area (Å²) in [4.78, 5) is 21.7. The van der Waals surface area contributed by atoms with Crippen LogP contribution in [-0.4, -0.2) is 39.0 Å². The largest absolute Gasteiger partial charge is 0.464 e. The molecule has 0 radical (unpaired) electrons. The number of aliphatic hydroxyl groups excluding tert-OH is 1. The van der Waals surface area contributed by atoms with Crippen LogP contribution in [0.3, 0.4) is 0 Å². The molecule has 0 spiro atoms. The number of esters is 1. The van der Waals surface area contributed by atoms with Crippen LogP contribution in [0.25, 0.3) is 0 Å². The second-order valence-electron chi connectivity index (χ2n) is 3.88. The monoisotopic (exact) mass is 241 g/mol. The van der Waals surface area contributed by atoms with E-state index in [1.165, 1.54) is 6.92 Å². The molecule has 92 valence electrons. The van der Waals surface area contributed by atoms with Crippen molar-refractivity contribution in [2.45, 2.75) is 18.9 Å². The molecular formula is C9H11N3O5. The van der Waals surface area contributed by atoms with Crippen LogP contribution in [0.5, 0.6) is 0 Å². The van der Waals surface area contributed by atoms with Gasteiger partial charge in [0.2, 0.25) is 0 Å². The average Bonchev–Trinajstić information content (AvgIpc) is 2.82. The first-order valence-electron chi connectivity index (χ1n) is 5.00. The third-order valence-corrected chi connectivity index (χ3v) is 2.90. The summed E-state index contributed by atoms with van der Waals surface area (Å²) < 4.78 is 5.93. The van der Waals surface area contributed by atoms with Crippen LogP contribution in [0.1, 0.15) is 12.1 Å². The number of aryl methyl sites for hydroxylation is 1. The number of carbonyl (C=O) groups excluding carboxylic acids is 1. The Morgan fingerprint density at radius 1 is 1.76 bits per heavy atom. The Morgan fingerprint density at radius 2 is 2.47 bits per heavy atom. The van der Waals surface area contributed by atoms with E-state index >= 15 is 0 Å². The minimum absolute atomic E-state index is 0.173. The molecule has 0 aliphatic carbocycles. The van der Waals surface area contributed by atoms with Gasteiger partial charge in [-0.2, -0.15) is 5.10 Å². The number of nitrogens with zero attached hydrogens (tertiary/aromatic N) is 3. The molecule has 1 aromatic heterocycles. The van der Waals surface area contributed by atoms with Crippen molar-refractivity contribution in [1.29, 1.82) is 0 Å². The minimum atomic E-state index is -1.32. The number of cyclic esters (lactones) is 1. The highest BCUT2D eigenvalue weighted by atomic mass is 16.6. The van der Waals surface area contributed by atoms with E-state index in [0.29, 0.717) is 0 Å². The number of hydrogen-bond donors (Lipinski definition) is 1. The van der Waals surface area contributed by atoms with Gasteiger partial charge in [0.05, 0.1) is 18.1 Å². The van der Waals surface area contributed by atoms with Crippen molar-refractivity contribution in [3.63, 3.8) is 0 Å². The standard InChI is InChI=1S/C9H11N3O5/c1-6-7(12(15)16)4-11(10-6)9(5-13)2-3-17-8(9)14/h4,13H,2-3,5H2,1H3. The van der Waals surface area contributed by atoms with Crippen LogP contribution in [0, 0.1) is 17.0 Å². The summed E-state index contributed by atoms with van der Waals surface area (Å²) in [5.41, 5.74) is -1.31. The SMILES string of the molecule is Cc1nn(C2(CO)CCOC2=O)cc1[N+](=O)[O-]. The molecule has 0 aromatic carbocycles. The maximum absolute atomic E-state index is 11.6. The number of nitro groups is 1. The molecule has 1 N–H and O–H groups in total. The second-order valence-corrected chi connectivity index (χ2v) is 3.88. The van der Waals surface area contributed by atoms with Crippen molar-refractivity contribution < 1.29 is 19.6 Å². The number of rotatable bonds is 3. The summed E-state index contributed by atoms with van der Waals surface area (Å²) in [7, 11) is 0. The van der Waals surface area contributed by atoms with Gasteiger partial charge in [-0.15, -0.1) is 0 Å². The summed E-state index contributed by atoms with van der Waals surface area (Å²) in [6.45, 7) is 1.15. The Hall–Kier alpha value is -1.96. The van der Waals surface area contributed by atoms with Crippen molar-refractivity contribution in [2.75, 3.05) is 13.2 Å². The molecule has 0 saturated carbocycles. The first kappa shape index (κ1) is 11.5. The number of aliphatic hydroxyl groups is 1. The fourth-order valence-corrected chi connectivity index (χ4v) is 1.82. The zero-order chi connectivity index (χ0) is 12.6. The number of aromatic nitrogens is 2. The molecule has 1 saturated heterocycles. The lowest BCUT2D eigenvalue weighted by Gasteiger charge is -2.21. The van der Waals surface area contributed by atoms with E-state index in [1.807, 2.05) is 0 Å². The van der Waals surface area contributed by atoms with Crippen molar-refractivity contribution in [2.24, 2.45) is 0 Å². The molecule has 17 heavy (non-hydrogen) atoms. The Morgan fingerprint density at radius 3 is 2.88 bits per heavy atom. The Balaban J connectivity index is 2.49. The van der Waals surface area contributed by atoms with Gasteiger partial charge in [-0.1, -0.05) is 0 Å². The van der Waals surface area contributed by atoms with E-state index in [4.69, 9.17) is 4.74 Å². The molecule has 1 unspecified atom stereocenters. The highest BCUT2D eigenvalue weighted by molar-refractivity contribution is 5.80. The van der Waals surface area contributed by atoms with Crippen LogP contribution in [0.15, 0.2) is 6.20 Å². The number of hydrogen-bond acceptors (Lipinski definition) is 6. The quantitative estimate of drug-likeness (QED) is 0.443. The van der Waals surface area contributed by atoms with E-state index in [0.717, 1.165) is 10.9 Å². The average molecular weight is 241 g/mol. The molecule has 2 rings (SSSR count). The molecule has 1 aromatic rings. The molecule has 8 heteroatoms. The van der Waals surface area contributed by atoms with Gasteiger partial charge in [0.1, 0.15) is 11.9 Å². The van der Waals surface area contributed by atoms with Crippen LogP contribution >= 0.6 is 0 Å². The molecule has 1 atom stereocenters. The smallest absolute Gasteiger partial charge is 0.336 e. The third-order valence-electron chi connectivity index (χ3n) is 2.90. The molecule has 8 nitrogen and oxygen atoms in total. The second kappa shape index (κ2) is 3.81. The lowest BCUT2D eigenvalue weighted by Crippen LogP contribution is -2.42. The van der Waals surface area contributed by atoms with Crippen LogP contribution in [-0.2, 0) is 15.1 Å². The number of ether oxygens (including phenoxy) is 1. The van der Waals surface area contributed by atoms with E-state index in [-0.39, 0.29) is 24.4 Å². The normalized spacial score (nSPS) is 23.8. The van der Waals surface area contributed by atoms with Crippen molar-refractivity contribution in [3.8, 4) is 0 Å². The first-order chi connectivity index (χ1) is 8.01. The van der Waals surface area contributed by atoms with Gasteiger partial charge in [0.25, 0.3) is 0 Å². The molecule has 1 aliphatic heterocycles. The Labute approximate surface area is 95.9 Å². The van der Waals surface area contributed by atoms with E-state index in [9.17, 15) is 20.0 Å². The van der Waals surface area contributed by atoms with Gasteiger partial charge in [-0.25, -0.2) is 9.48 Å². The minimum Gasteiger partial charge on any atom is -0.464 e. The van der Waals surface area contributed by atoms with Crippen LogP contribution in [0.2, 0.25) is 0 Å². The van der Waals surface area contributed by atoms with Gasteiger partial charge >= 0.3 is 11.7 Å². The fraction of sp³-hybridized carbons (Fsp3) is 0.556. The van der Waals surface area contributed by atoms with Crippen molar-refractivity contribution in [1.82, 2.24) is 9.78 Å². The van der Waals surface area contributed by atoms with Crippen LogP contribution in [0.4, 0.5) is 5.69 Å². The predicted octanol–water partition coefficient (Wildman–Crippen LogP) is -0.266. The molecule has 0 bridgehead atoms. The summed E-state index contributed by atoms with van der Waals surface area (Å²) in [5.74, 6) is -0.614. The van der Waals surface area contributed by atoms with E-state index < -0.39 is 23.0 Å². The van der Waals surface area contributed by atoms with Gasteiger partial charge < -0.3 is 9.84 Å². The maximum Gasteiger partial charge on any atom is 0.336 e. The molecular weight excluding hydrogens is 230 g/mol. The van der Waals surface area contributed by atoms with Gasteiger partial charge in [-0.05, 0) is 6.92 Å². The molecule has 1 fully saturated rings. The Bertz CT molecular complexity index is 483. The first-order valence-corrected chi connectivity index (χ1v) is 5.00. The summed E-state index contributed by atoms with van der Waals surface area (Å²) in [6, 6.07) is 0. The van der Waals surface area contributed by atoms with E-state index in [1.54, 1.807) is 0 Å². The highest BCUT2D eigenvalue weighted by Crippen LogP contribution is 2.30. The number of carbonyl (C=O) groups is 1. The predicted molar refractivity (Wildman–Crippen MR) is 54.3 cm³/mol. The lowest BCUT2D eigenvalue weighted by atomic mass is 10.00. The summed E-state index contributed by atoms with van der Waals surface area (Å²) in [5, 5.41) is 24.0. The van der Waals surface area contributed by atoms with Crippen LogP contribution < -0.4 is 0 Å². The van der Waals surface area contributed by atoms with Gasteiger partial charge in [0, 0.05) is 6.42 Å². The zero-order valence-electron chi connectivity index (χ0n) is 9.12.